The lowest BCUT2D eigenvalue weighted by molar-refractivity contribution is 0.0258. The molecule has 2 aromatic carbocycles. The molecule has 4 heterocycles. The van der Waals surface area contributed by atoms with Gasteiger partial charge in [0.2, 0.25) is 0 Å². The van der Waals surface area contributed by atoms with E-state index in [4.69, 9.17) is 14.6 Å². The number of morpholine rings is 2. The van der Waals surface area contributed by atoms with Crippen LogP contribution in [0.15, 0.2) is 47.4 Å². The van der Waals surface area contributed by atoms with Gasteiger partial charge in [-0.25, -0.2) is 13.1 Å². The summed E-state index contributed by atoms with van der Waals surface area (Å²) in [5, 5.41) is 4.82. The maximum Gasteiger partial charge on any atom is 0.275 e. The number of hydrogen-bond donors (Lipinski definition) is 0. The number of benzene rings is 2. The minimum atomic E-state index is -3.63. The summed E-state index contributed by atoms with van der Waals surface area (Å²) in [6.07, 6.45) is 0.899. The number of fused-ring (bicyclic) bond motifs is 4. The molecule has 4 aliphatic rings. The molecule has 0 unspecified atom stereocenters. The average molecular weight is 535 g/mol. The van der Waals surface area contributed by atoms with E-state index in [0.717, 1.165) is 45.0 Å². The van der Waals surface area contributed by atoms with Gasteiger partial charge in [-0.3, -0.25) is 9.69 Å². The molecule has 1 aliphatic carbocycles. The Bertz CT molecular complexity index is 1530. The van der Waals surface area contributed by atoms with E-state index >= 15 is 0 Å². The zero-order valence-electron chi connectivity index (χ0n) is 21.3. The molecule has 2 saturated heterocycles. The van der Waals surface area contributed by atoms with Crippen LogP contribution in [-0.2, 0) is 31.6 Å². The maximum absolute atomic E-state index is 13.8. The predicted octanol–water partition coefficient (Wildman–Crippen LogP) is 2.58. The molecule has 1 amide bonds. The molecule has 3 aromatic rings. The van der Waals surface area contributed by atoms with Crippen LogP contribution in [0.5, 0.6) is 0 Å². The summed E-state index contributed by atoms with van der Waals surface area (Å²) in [5.74, 6) is -0.458. The number of ether oxygens (including phenoxy) is 2. The number of sulfone groups is 1. The summed E-state index contributed by atoms with van der Waals surface area (Å²) < 4.78 is 39.8. The Kier molecular flexibility index (Phi) is 5.70. The highest BCUT2D eigenvalue weighted by atomic mass is 32.2. The van der Waals surface area contributed by atoms with Crippen LogP contribution in [0.3, 0.4) is 0 Å². The second-order valence-electron chi connectivity index (χ2n) is 10.6. The Hall–Kier alpha value is -3.05. The highest BCUT2D eigenvalue weighted by Crippen LogP contribution is 2.43. The van der Waals surface area contributed by atoms with Gasteiger partial charge >= 0.3 is 0 Å². The molecule has 0 spiro atoms. The van der Waals surface area contributed by atoms with Crippen LogP contribution in [0.1, 0.15) is 33.6 Å². The first-order chi connectivity index (χ1) is 18.4. The lowest BCUT2D eigenvalue weighted by atomic mass is 10.0. The molecule has 9 nitrogen and oxygen atoms in total. The highest BCUT2D eigenvalue weighted by Gasteiger charge is 2.49. The van der Waals surface area contributed by atoms with Crippen LogP contribution >= 0.6 is 0 Å². The molecule has 0 N–H and O–H groups in total. The summed E-state index contributed by atoms with van der Waals surface area (Å²) in [5.41, 5.74) is 4.66. The van der Waals surface area contributed by atoms with Crippen molar-refractivity contribution in [2.24, 2.45) is 0 Å². The summed E-state index contributed by atoms with van der Waals surface area (Å²) in [4.78, 5) is 18.3. The SMILES string of the molecule is Cc1cccc2c1S(=O)(=O)Cc1c(C(=O)N3CCO[C@H]4C[C@H]43)nn(-c3ccc(CN4CCOCC4)cc3)c1-2. The third kappa shape index (κ3) is 3.98. The van der Waals surface area contributed by atoms with E-state index in [2.05, 4.69) is 17.0 Å². The van der Waals surface area contributed by atoms with Gasteiger partial charge in [-0.05, 0) is 36.6 Å². The molecular formula is C28H30N4O5S. The van der Waals surface area contributed by atoms with Gasteiger partial charge in [0.1, 0.15) is 0 Å². The molecule has 10 heteroatoms. The van der Waals surface area contributed by atoms with E-state index in [1.54, 1.807) is 4.68 Å². The normalized spacial score (nSPS) is 23.9. The van der Waals surface area contributed by atoms with Crippen molar-refractivity contribution < 1.29 is 22.7 Å². The fourth-order valence-electron chi connectivity index (χ4n) is 6.02. The van der Waals surface area contributed by atoms with Crippen LogP contribution in [-0.4, -0.2) is 85.5 Å². The number of aryl methyl sites for hydroxylation is 1. The van der Waals surface area contributed by atoms with Crippen molar-refractivity contribution >= 4 is 15.7 Å². The van der Waals surface area contributed by atoms with Crippen molar-refractivity contribution in [3.05, 3.63) is 64.8 Å². The molecule has 0 radical (unpaired) electrons. The van der Waals surface area contributed by atoms with E-state index in [-0.39, 0.29) is 29.5 Å². The summed E-state index contributed by atoms with van der Waals surface area (Å²) in [7, 11) is -3.63. The highest BCUT2D eigenvalue weighted by molar-refractivity contribution is 7.91. The monoisotopic (exact) mass is 534 g/mol. The zero-order chi connectivity index (χ0) is 26.0. The van der Waals surface area contributed by atoms with Gasteiger partial charge in [0.05, 0.1) is 54.0 Å². The van der Waals surface area contributed by atoms with Crippen molar-refractivity contribution in [1.82, 2.24) is 19.6 Å². The van der Waals surface area contributed by atoms with Gasteiger partial charge in [0, 0.05) is 37.3 Å². The zero-order valence-corrected chi connectivity index (χ0v) is 22.1. The maximum atomic E-state index is 13.8. The number of carbonyl (C=O) groups excluding carboxylic acids is 1. The lowest BCUT2D eigenvalue weighted by Gasteiger charge is -2.26. The Balaban J connectivity index is 1.33. The van der Waals surface area contributed by atoms with Crippen molar-refractivity contribution in [3.8, 4) is 16.9 Å². The van der Waals surface area contributed by atoms with E-state index < -0.39 is 9.84 Å². The molecule has 1 saturated carbocycles. The van der Waals surface area contributed by atoms with E-state index in [0.29, 0.717) is 40.4 Å². The molecule has 3 aliphatic heterocycles. The average Bonchev–Trinajstić information content (AvgIpc) is 3.62. The van der Waals surface area contributed by atoms with Gasteiger partial charge in [-0.2, -0.15) is 5.10 Å². The number of carbonyl (C=O) groups is 1. The first-order valence-corrected chi connectivity index (χ1v) is 14.8. The second kappa shape index (κ2) is 9.01. The summed E-state index contributed by atoms with van der Waals surface area (Å²) in [6, 6.07) is 13.7. The topological polar surface area (TPSA) is 94.0 Å². The van der Waals surface area contributed by atoms with Crippen molar-refractivity contribution in [2.75, 3.05) is 39.5 Å². The molecular weight excluding hydrogens is 504 g/mol. The molecule has 198 valence electrons. The number of aromatic nitrogens is 2. The minimum Gasteiger partial charge on any atom is -0.379 e. The van der Waals surface area contributed by atoms with Crippen molar-refractivity contribution in [1.29, 1.82) is 0 Å². The van der Waals surface area contributed by atoms with Crippen LogP contribution < -0.4 is 0 Å². The van der Waals surface area contributed by atoms with Crippen LogP contribution in [0.4, 0.5) is 0 Å². The quantitative estimate of drug-likeness (QED) is 0.508. The van der Waals surface area contributed by atoms with E-state index in [9.17, 15) is 13.2 Å². The summed E-state index contributed by atoms with van der Waals surface area (Å²) in [6.45, 7) is 6.95. The predicted molar refractivity (Wildman–Crippen MR) is 140 cm³/mol. The van der Waals surface area contributed by atoms with Gasteiger partial charge < -0.3 is 14.4 Å². The number of nitrogens with zero attached hydrogens (tertiary/aromatic N) is 4. The van der Waals surface area contributed by atoms with Crippen LogP contribution in [0, 0.1) is 6.92 Å². The fourth-order valence-corrected chi connectivity index (χ4v) is 7.88. The fraction of sp³-hybridized carbons (Fsp3) is 0.429. The van der Waals surface area contributed by atoms with Gasteiger partial charge in [0.25, 0.3) is 5.91 Å². The molecule has 2 atom stereocenters. The standard InChI is InChI=1S/C28H30N4O5S/c1-18-3-2-4-21-26-22(17-38(34,35)27(18)21)25(28(33)31-11-14-37-24-15-23(24)31)29-32(26)20-7-5-19(6-8-20)16-30-9-12-36-13-10-30/h2-8,23-24H,9-17H2,1H3/t23-,24+/m1/s1. The van der Waals surface area contributed by atoms with Crippen molar-refractivity contribution in [2.45, 2.75) is 42.7 Å². The van der Waals surface area contributed by atoms with Gasteiger partial charge in [-0.15, -0.1) is 0 Å². The summed E-state index contributed by atoms with van der Waals surface area (Å²) >= 11 is 0. The van der Waals surface area contributed by atoms with E-state index in [1.165, 1.54) is 5.56 Å². The number of rotatable bonds is 4. The number of amides is 1. The largest absolute Gasteiger partial charge is 0.379 e. The van der Waals surface area contributed by atoms with Crippen molar-refractivity contribution in [3.63, 3.8) is 0 Å². The first-order valence-electron chi connectivity index (χ1n) is 13.2. The van der Waals surface area contributed by atoms with E-state index in [1.807, 2.05) is 42.2 Å². The molecule has 1 aromatic heterocycles. The van der Waals surface area contributed by atoms with Crippen LogP contribution in [0.2, 0.25) is 0 Å². The third-order valence-electron chi connectivity index (χ3n) is 8.01. The van der Waals surface area contributed by atoms with Gasteiger partial charge in [0.15, 0.2) is 15.5 Å². The molecule has 7 rings (SSSR count). The third-order valence-corrected chi connectivity index (χ3v) is 9.85. The van der Waals surface area contributed by atoms with Crippen LogP contribution in [0.25, 0.3) is 16.9 Å². The molecule has 38 heavy (non-hydrogen) atoms. The first kappa shape index (κ1) is 24.0. The smallest absolute Gasteiger partial charge is 0.275 e. The Morgan fingerprint density at radius 1 is 1.05 bits per heavy atom. The Labute approximate surface area is 221 Å². The second-order valence-corrected chi connectivity index (χ2v) is 12.5. The van der Waals surface area contributed by atoms with Gasteiger partial charge in [-0.1, -0.05) is 30.3 Å². The number of hydrogen-bond acceptors (Lipinski definition) is 7. The Morgan fingerprint density at radius 2 is 1.84 bits per heavy atom. The molecule has 3 fully saturated rings. The lowest BCUT2D eigenvalue weighted by Crippen LogP contribution is -2.41. The molecule has 0 bridgehead atoms. The Morgan fingerprint density at radius 3 is 2.63 bits per heavy atom. The minimum absolute atomic E-state index is 0.0475.